The fourth-order valence-corrected chi connectivity index (χ4v) is 3.38. The predicted molar refractivity (Wildman–Crippen MR) is 73.2 cm³/mol. The zero-order valence-electron chi connectivity index (χ0n) is 11.5. The van der Waals surface area contributed by atoms with Crippen molar-refractivity contribution in [1.82, 2.24) is 0 Å². The first kappa shape index (κ1) is 17.0. The van der Waals surface area contributed by atoms with Gasteiger partial charge in [0, 0.05) is 17.1 Å². The molecule has 0 heterocycles. The Morgan fingerprint density at radius 2 is 2.00 bits per heavy atom. The fraction of sp³-hybridized carbons (Fsp3) is 1.00. The van der Waals surface area contributed by atoms with Gasteiger partial charge in [-0.2, -0.15) is 0 Å². The zero-order chi connectivity index (χ0) is 13.5. The Kier molecular flexibility index (Phi) is 7.47. The third-order valence-electron chi connectivity index (χ3n) is 3.54. The van der Waals surface area contributed by atoms with E-state index in [-0.39, 0.29) is 18.0 Å². The van der Waals surface area contributed by atoms with Crippen LogP contribution in [0.5, 0.6) is 0 Å². The molecule has 0 aliphatic rings. The van der Waals surface area contributed by atoms with Crippen LogP contribution in [0, 0.1) is 0 Å². The maximum Gasteiger partial charge on any atom is 0.100 e. The molecule has 0 aliphatic heterocycles. The van der Waals surface area contributed by atoms with Crippen LogP contribution in [0.1, 0.15) is 33.6 Å². The molecule has 0 rings (SSSR count). The van der Waals surface area contributed by atoms with Gasteiger partial charge in [-0.05, 0) is 19.1 Å². The van der Waals surface area contributed by atoms with Gasteiger partial charge in [0.2, 0.25) is 0 Å². The molecular formula is C12H28O4S. The topological polar surface area (TPSA) is 66.8 Å². The number of thiol groups is 1. The van der Waals surface area contributed by atoms with E-state index in [4.69, 9.17) is 14.9 Å². The van der Waals surface area contributed by atoms with Crippen molar-refractivity contribution in [3.05, 3.63) is 0 Å². The lowest BCUT2D eigenvalue weighted by molar-refractivity contribution is 0.00667. The Morgan fingerprint density at radius 1 is 1.41 bits per heavy atom. The molecule has 0 radical (unpaired) electrons. The second kappa shape index (κ2) is 7.46. The fourth-order valence-electron chi connectivity index (χ4n) is 1.38. The lowest BCUT2D eigenvalue weighted by Crippen LogP contribution is -2.39. The molecular weight excluding hydrogens is 240 g/mol. The van der Waals surface area contributed by atoms with Gasteiger partial charge >= 0.3 is 0 Å². The Morgan fingerprint density at radius 3 is 2.47 bits per heavy atom. The first-order valence-electron chi connectivity index (χ1n) is 6.20. The van der Waals surface area contributed by atoms with Crippen LogP contribution in [0.15, 0.2) is 0 Å². The van der Waals surface area contributed by atoms with Crippen molar-refractivity contribution >= 4 is 9.93 Å². The van der Waals surface area contributed by atoms with E-state index in [0.717, 1.165) is 12.8 Å². The summed E-state index contributed by atoms with van der Waals surface area (Å²) in [5.74, 6) is 0.670. The van der Waals surface area contributed by atoms with Crippen LogP contribution in [0.3, 0.4) is 0 Å². The molecule has 0 amide bonds. The molecule has 0 bridgehead atoms. The van der Waals surface area contributed by atoms with Gasteiger partial charge in [0.25, 0.3) is 0 Å². The maximum absolute atomic E-state index is 12.5. The van der Waals surface area contributed by atoms with E-state index in [2.05, 4.69) is 6.92 Å². The molecule has 0 aromatic rings. The lowest BCUT2D eigenvalue weighted by atomic mass is 10.1. The van der Waals surface area contributed by atoms with E-state index in [1.165, 1.54) is 0 Å². The summed E-state index contributed by atoms with van der Waals surface area (Å²) in [5.41, 5.74) is 0. The highest BCUT2D eigenvalue weighted by Crippen LogP contribution is 2.26. The number of hydrogen-bond acceptors (Lipinski definition) is 4. The van der Waals surface area contributed by atoms with Gasteiger partial charge in [-0.1, -0.05) is 20.8 Å². The Bertz CT molecular complexity index is 253. The van der Waals surface area contributed by atoms with Gasteiger partial charge < -0.3 is 14.9 Å². The van der Waals surface area contributed by atoms with Crippen LogP contribution in [0.2, 0.25) is 0 Å². The van der Waals surface area contributed by atoms with Gasteiger partial charge in [-0.15, -0.1) is 9.93 Å². The summed E-state index contributed by atoms with van der Waals surface area (Å²) in [6.45, 7) is 6.49. The summed E-state index contributed by atoms with van der Waals surface area (Å²) >= 11 is 0. The molecule has 0 saturated carbocycles. The minimum absolute atomic E-state index is 0.113. The van der Waals surface area contributed by atoms with E-state index in [9.17, 15) is 4.21 Å². The minimum Gasteiger partial charge on any atom is -0.394 e. The van der Waals surface area contributed by atoms with E-state index in [0.29, 0.717) is 12.4 Å². The smallest absolute Gasteiger partial charge is 0.100 e. The summed E-state index contributed by atoms with van der Waals surface area (Å²) in [6, 6.07) is 0. The highest BCUT2D eigenvalue weighted by Gasteiger charge is 2.28. The molecule has 4 nitrogen and oxygen atoms in total. The monoisotopic (exact) mass is 268 g/mol. The highest BCUT2D eigenvalue weighted by molar-refractivity contribution is 8.03. The van der Waals surface area contributed by atoms with Crippen molar-refractivity contribution < 1.29 is 19.2 Å². The van der Waals surface area contributed by atoms with Crippen molar-refractivity contribution in [2.45, 2.75) is 44.5 Å². The molecule has 0 aromatic heterocycles. The molecule has 2 N–H and O–H groups in total. The molecule has 0 aromatic carbocycles. The number of rotatable bonds is 9. The summed E-state index contributed by atoms with van der Waals surface area (Å²) < 4.78 is 17.6. The number of ether oxygens (including phenoxy) is 1. The Balaban J connectivity index is 3.85. The second-order valence-corrected chi connectivity index (χ2v) is 9.12. The minimum atomic E-state index is -2.16. The van der Waals surface area contributed by atoms with E-state index < -0.39 is 16.0 Å². The van der Waals surface area contributed by atoms with Crippen LogP contribution in [-0.2, 0) is 14.7 Å². The van der Waals surface area contributed by atoms with Gasteiger partial charge in [-0.25, -0.2) is 0 Å². The average Bonchev–Trinajstić information content (AvgIpc) is 2.27. The third kappa shape index (κ3) is 5.95. The summed E-state index contributed by atoms with van der Waals surface area (Å²) in [6.07, 6.45) is 2.69. The molecule has 0 spiro atoms. The largest absolute Gasteiger partial charge is 0.394 e. The molecule has 0 fully saturated rings. The lowest BCUT2D eigenvalue weighted by Gasteiger charge is -2.35. The summed E-state index contributed by atoms with van der Waals surface area (Å²) in [7, 11) is -2.16. The van der Waals surface area contributed by atoms with Crippen LogP contribution in [0.4, 0.5) is 0 Å². The SMILES string of the molecule is CCC(C)(C)[SH](C)(=O)CCCOCC(O)CO. The van der Waals surface area contributed by atoms with Crippen LogP contribution in [-0.4, -0.2) is 57.1 Å². The molecule has 5 heteroatoms. The molecule has 0 saturated heterocycles. The second-order valence-electron chi connectivity index (χ2n) is 5.26. The van der Waals surface area contributed by atoms with Gasteiger partial charge in [-0.3, -0.25) is 4.21 Å². The Hall–Kier alpha value is 0.0300. The number of aliphatic hydroxyl groups excluding tert-OH is 2. The first-order chi connectivity index (χ1) is 7.77. The number of aliphatic hydroxyl groups is 2. The van der Waals surface area contributed by atoms with E-state index in [1.54, 1.807) is 0 Å². The normalized spacial score (nSPS) is 15.9. The van der Waals surface area contributed by atoms with E-state index in [1.807, 2.05) is 20.1 Å². The van der Waals surface area contributed by atoms with Crippen molar-refractivity contribution in [2.75, 3.05) is 31.8 Å². The van der Waals surface area contributed by atoms with Crippen LogP contribution < -0.4 is 0 Å². The van der Waals surface area contributed by atoms with Gasteiger partial charge in [0.05, 0.1) is 13.2 Å². The Labute approximate surface area is 106 Å². The molecule has 106 valence electrons. The average molecular weight is 268 g/mol. The molecule has 0 aliphatic carbocycles. The quantitative estimate of drug-likeness (QED) is 0.423. The molecule has 17 heavy (non-hydrogen) atoms. The zero-order valence-corrected chi connectivity index (χ0v) is 12.4. The third-order valence-corrected chi connectivity index (χ3v) is 7.59. The molecule has 1 unspecified atom stereocenters. The number of hydrogen-bond donors (Lipinski definition) is 3. The predicted octanol–water partition coefficient (Wildman–Crippen LogP) is 0.581. The standard InChI is InChI=1S/C12H28O4S/c1-5-12(2,3)17(4,15)8-6-7-16-10-11(14)9-13/h11,13-14,17H,5-10H2,1-4H3. The summed E-state index contributed by atoms with van der Waals surface area (Å²) in [5, 5.41) is 17.6. The van der Waals surface area contributed by atoms with Gasteiger partial charge in [0.1, 0.15) is 6.10 Å². The van der Waals surface area contributed by atoms with E-state index >= 15 is 0 Å². The molecule has 1 atom stereocenters. The van der Waals surface area contributed by atoms with Gasteiger partial charge in [0.15, 0.2) is 0 Å². The first-order valence-corrected chi connectivity index (χ1v) is 8.54. The van der Waals surface area contributed by atoms with Crippen molar-refractivity contribution in [3.8, 4) is 0 Å². The van der Waals surface area contributed by atoms with Crippen molar-refractivity contribution in [1.29, 1.82) is 0 Å². The van der Waals surface area contributed by atoms with Crippen LogP contribution in [0.25, 0.3) is 0 Å². The summed E-state index contributed by atoms with van der Waals surface area (Å²) in [4.78, 5) is 0. The van der Waals surface area contributed by atoms with Crippen molar-refractivity contribution in [3.63, 3.8) is 0 Å². The highest BCUT2D eigenvalue weighted by atomic mass is 32.2. The maximum atomic E-state index is 12.5. The van der Waals surface area contributed by atoms with Crippen molar-refractivity contribution in [2.24, 2.45) is 0 Å². The van der Waals surface area contributed by atoms with Crippen LogP contribution >= 0.6 is 0 Å².